The first-order valence-electron chi connectivity index (χ1n) is 20.3. The molecule has 15 heteroatoms. The number of hydrogen-bond acceptors (Lipinski definition) is 14. The maximum atomic E-state index is 14.0. The van der Waals surface area contributed by atoms with Crippen molar-refractivity contribution in [3.63, 3.8) is 0 Å². The highest BCUT2D eigenvalue weighted by molar-refractivity contribution is 6.01. The number of carbonyl (C=O) groups excluding carboxylic acids is 2. The first kappa shape index (κ1) is 43.3. The van der Waals surface area contributed by atoms with Crippen LogP contribution in [0.25, 0.3) is 0 Å². The number of hydrogen-bond donors (Lipinski definition) is 8. The number of carbonyl (C=O) groups is 3. The largest absolute Gasteiger partial charge is 0.504 e. The van der Waals surface area contributed by atoms with E-state index in [2.05, 4.69) is 13.8 Å². The zero-order chi connectivity index (χ0) is 41.2. The topological polar surface area (TPSA) is 250 Å². The summed E-state index contributed by atoms with van der Waals surface area (Å²) in [5.74, 6) is -2.13. The van der Waals surface area contributed by atoms with Gasteiger partial charge in [0.15, 0.2) is 30.2 Å². The van der Waals surface area contributed by atoms with E-state index in [0.29, 0.717) is 31.3 Å². The third-order valence-electron chi connectivity index (χ3n) is 14.7. The second kappa shape index (κ2) is 16.4. The van der Waals surface area contributed by atoms with Crippen molar-refractivity contribution in [1.82, 2.24) is 0 Å². The fourth-order valence-electron chi connectivity index (χ4n) is 11.8. The molecule has 2 saturated heterocycles. The van der Waals surface area contributed by atoms with Gasteiger partial charge in [0.25, 0.3) is 0 Å². The highest BCUT2D eigenvalue weighted by atomic mass is 16.8. The Hall–Kier alpha value is -2.31. The van der Waals surface area contributed by atoms with Crippen LogP contribution < -0.4 is 0 Å². The number of ketones is 2. The van der Waals surface area contributed by atoms with Crippen molar-refractivity contribution in [3.8, 4) is 0 Å². The third kappa shape index (κ3) is 7.32. The summed E-state index contributed by atoms with van der Waals surface area (Å²) in [6.07, 6.45) is -10.7. The number of carboxylic acid groups (broad SMARTS) is 1. The molecule has 0 aromatic heterocycles. The molecule has 0 aromatic carbocycles. The molecule has 0 aromatic rings. The Labute approximate surface area is 327 Å². The van der Waals surface area contributed by atoms with Crippen LogP contribution in [-0.4, -0.2) is 133 Å². The van der Waals surface area contributed by atoms with Crippen molar-refractivity contribution in [2.24, 2.45) is 46.3 Å². The van der Waals surface area contributed by atoms with Gasteiger partial charge in [0.1, 0.15) is 42.7 Å². The molecule has 0 radical (unpaired) electrons. The summed E-state index contributed by atoms with van der Waals surface area (Å²) in [7, 11) is 0. The van der Waals surface area contributed by atoms with Crippen molar-refractivity contribution >= 4 is 17.5 Å². The van der Waals surface area contributed by atoms with Gasteiger partial charge < -0.3 is 59.8 Å². The number of aliphatic hydroxyl groups is 7. The van der Waals surface area contributed by atoms with E-state index in [9.17, 15) is 55.2 Å². The second-order valence-electron chi connectivity index (χ2n) is 18.1. The number of aliphatic carboxylic acids is 1. The molecule has 15 nitrogen and oxygen atoms in total. The number of rotatable bonds is 11. The summed E-state index contributed by atoms with van der Waals surface area (Å²) in [6, 6.07) is 0. The van der Waals surface area contributed by atoms with Crippen LogP contribution in [0, 0.1) is 46.3 Å². The normalized spacial score (nSPS) is 46.3. The van der Waals surface area contributed by atoms with E-state index < -0.39 is 85.5 Å². The van der Waals surface area contributed by atoms with Crippen LogP contribution in [0.1, 0.15) is 92.9 Å². The molecule has 0 unspecified atom stereocenters. The van der Waals surface area contributed by atoms with Gasteiger partial charge in [0.2, 0.25) is 5.78 Å². The van der Waals surface area contributed by atoms with E-state index >= 15 is 0 Å². The molecule has 18 atom stereocenters. The molecule has 2 heterocycles. The Morgan fingerprint density at radius 3 is 2.21 bits per heavy atom. The number of fused-ring (bicyclic) bond motifs is 5. The SMILES string of the molecule is CC=C(C(=O)C[C@@H](C)C1=C(O)C(=O)[C@@H]2[C@@H]3CC[C@H]4C[C@@H](O[C@@H]5O[C@H](C(=O)O)[C@@H](O)[C@H](O)[C@H]5O[C@@H]5O[C@H](CO)[C@@H](O)[C@H](O)[C@H]5O)CC[C@]4(C)[C@H]3CC[C@]12C)C(C)C. The summed E-state index contributed by atoms with van der Waals surface area (Å²) in [5, 5.41) is 83.7. The Kier molecular flexibility index (Phi) is 12.7. The zero-order valence-corrected chi connectivity index (χ0v) is 33.2. The van der Waals surface area contributed by atoms with Crippen molar-refractivity contribution in [3.05, 3.63) is 23.0 Å². The van der Waals surface area contributed by atoms with E-state index in [1.807, 2.05) is 33.8 Å². The summed E-state index contributed by atoms with van der Waals surface area (Å²) in [6.45, 7) is 11.4. The predicted molar refractivity (Wildman–Crippen MR) is 196 cm³/mol. The lowest BCUT2D eigenvalue weighted by molar-refractivity contribution is -0.369. The van der Waals surface area contributed by atoms with Crippen LogP contribution in [0.4, 0.5) is 0 Å². The number of allylic oxidation sites excluding steroid dienone is 4. The maximum absolute atomic E-state index is 14.0. The van der Waals surface area contributed by atoms with Gasteiger partial charge in [-0.25, -0.2) is 4.79 Å². The number of carboxylic acids is 1. The molecule has 8 N–H and O–H groups in total. The Balaban J connectivity index is 1.16. The number of ether oxygens (including phenoxy) is 4. The molecular formula is C41H62O15. The van der Waals surface area contributed by atoms with Gasteiger partial charge in [-0.2, -0.15) is 0 Å². The van der Waals surface area contributed by atoms with Crippen molar-refractivity contribution in [2.45, 2.75) is 160 Å². The first-order valence-corrected chi connectivity index (χ1v) is 20.3. The lowest BCUT2D eigenvalue weighted by Crippen LogP contribution is -2.65. The van der Waals surface area contributed by atoms with Crippen molar-refractivity contribution in [2.75, 3.05) is 6.61 Å². The molecule has 4 aliphatic carbocycles. The standard InChI is InChI=1S/C41H62O15/c1-7-21(17(2)3)24(43)14-18(4)26-29(45)30(46)27-22-9-8-19-15-20(10-12-40(19,5)23(22)11-13-41(26,27)6)53-39-36(33(49)32(48)35(55-39)37(51)52)56-38-34(50)31(47)28(44)25(16-42)54-38/h7,17-20,22-23,25,27-28,31-36,38-39,42,44-45,47-50H,8-16H2,1-6H3,(H,51,52)/t18-,19+,20+,22-,23+,25-,27+,28-,31+,32+,33+,34-,35+,36-,38+,39-,40+,41-/m1/s1. The lowest BCUT2D eigenvalue weighted by atomic mass is 9.44. The van der Waals surface area contributed by atoms with E-state index in [0.717, 1.165) is 24.8 Å². The smallest absolute Gasteiger partial charge is 0.335 e. The molecule has 6 aliphatic rings. The molecule has 0 bridgehead atoms. The van der Waals surface area contributed by atoms with Crippen LogP contribution in [0.15, 0.2) is 23.0 Å². The minimum Gasteiger partial charge on any atom is -0.504 e. The fraction of sp³-hybridized carbons (Fsp3) is 0.829. The molecule has 56 heavy (non-hydrogen) atoms. The van der Waals surface area contributed by atoms with Crippen molar-refractivity contribution in [1.29, 1.82) is 0 Å². The molecule has 0 spiro atoms. The van der Waals surface area contributed by atoms with Crippen LogP contribution in [0.2, 0.25) is 0 Å². The van der Waals surface area contributed by atoms with Crippen LogP contribution >= 0.6 is 0 Å². The predicted octanol–water partition coefficient (Wildman–Crippen LogP) is 1.93. The summed E-state index contributed by atoms with van der Waals surface area (Å²) in [4.78, 5) is 39.3. The molecule has 3 saturated carbocycles. The third-order valence-corrected chi connectivity index (χ3v) is 14.7. The minimum absolute atomic E-state index is 0.0324. The summed E-state index contributed by atoms with van der Waals surface area (Å²) >= 11 is 0. The van der Waals surface area contributed by atoms with Gasteiger partial charge >= 0.3 is 5.97 Å². The van der Waals surface area contributed by atoms with E-state index in [4.69, 9.17) is 18.9 Å². The second-order valence-corrected chi connectivity index (χ2v) is 18.1. The molecule has 2 aliphatic heterocycles. The minimum atomic E-state index is -1.95. The Morgan fingerprint density at radius 2 is 1.59 bits per heavy atom. The van der Waals surface area contributed by atoms with Crippen LogP contribution in [0.3, 0.4) is 0 Å². The van der Waals surface area contributed by atoms with E-state index in [-0.39, 0.29) is 64.7 Å². The average Bonchev–Trinajstić information content (AvgIpc) is 3.35. The summed E-state index contributed by atoms with van der Waals surface area (Å²) < 4.78 is 23.3. The lowest BCUT2D eigenvalue weighted by Gasteiger charge is -2.60. The fourth-order valence-corrected chi connectivity index (χ4v) is 11.8. The monoisotopic (exact) mass is 794 g/mol. The van der Waals surface area contributed by atoms with Gasteiger partial charge in [0.05, 0.1) is 12.7 Å². The molecule has 316 valence electrons. The van der Waals surface area contributed by atoms with Crippen LogP contribution in [-0.2, 0) is 33.3 Å². The van der Waals surface area contributed by atoms with E-state index in [1.54, 1.807) is 0 Å². The van der Waals surface area contributed by atoms with Crippen molar-refractivity contribution < 1.29 is 74.2 Å². The average molecular weight is 795 g/mol. The quantitative estimate of drug-likeness (QED) is 0.110. The molecule has 6 rings (SSSR count). The Morgan fingerprint density at radius 1 is 0.893 bits per heavy atom. The van der Waals surface area contributed by atoms with Gasteiger partial charge in [0, 0.05) is 17.8 Å². The molecular weight excluding hydrogens is 732 g/mol. The van der Waals surface area contributed by atoms with Gasteiger partial charge in [-0.05, 0) is 98.0 Å². The van der Waals surface area contributed by atoms with E-state index in [1.165, 1.54) is 0 Å². The highest BCUT2D eigenvalue weighted by Crippen LogP contribution is 2.67. The first-order chi connectivity index (χ1) is 26.3. The van der Waals surface area contributed by atoms with Gasteiger partial charge in [-0.1, -0.05) is 40.7 Å². The molecule has 0 amide bonds. The maximum Gasteiger partial charge on any atom is 0.335 e. The van der Waals surface area contributed by atoms with Gasteiger partial charge in [-0.15, -0.1) is 0 Å². The zero-order valence-electron chi connectivity index (χ0n) is 33.2. The molecule has 5 fully saturated rings. The number of Topliss-reactive ketones (excluding diaryl/α,β-unsaturated/α-hetero) is 2. The Bertz CT molecular complexity index is 1560. The van der Waals surface area contributed by atoms with Crippen LogP contribution in [0.5, 0.6) is 0 Å². The summed E-state index contributed by atoms with van der Waals surface area (Å²) in [5.41, 5.74) is 0.726. The number of aliphatic hydroxyl groups excluding tert-OH is 7. The highest BCUT2D eigenvalue weighted by Gasteiger charge is 2.64. The van der Waals surface area contributed by atoms with Gasteiger partial charge in [-0.3, -0.25) is 9.59 Å².